The molecule has 3 rings (SSSR count). The van der Waals surface area contributed by atoms with Gasteiger partial charge in [-0.15, -0.1) is 5.10 Å². The van der Waals surface area contributed by atoms with Crippen LogP contribution in [0.5, 0.6) is 0 Å². The second-order valence-electron chi connectivity index (χ2n) is 9.35. The van der Waals surface area contributed by atoms with Crippen LogP contribution in [0.15, 0.2) is 48.5 Å². The largest absolute Gasteiger partial charge is 0.373 e. The highest BCUT2D eigenvalue weighted by Crippen LogP contribution is 2.36. The molecule has 0 amide bonds. The molecular formula is C24H29Cl2N5. The number of allylic oxidation sites excluding steroid dienone is 1. The van der Waals surface area contributed by atoms with Crippen LogP contribution in [0, 0.1) is 12.3 Å². The molecule has 0 aliphatic rings. The molecule has 5 nitrogen and oxygen atoms in total. The first-order valence-electron chi connectivity index (χ1n) is 10.2. The molecule has 1 aromatic heterocycles. The second-order valence-corrected chi connectivity index (χ2v) is 10.2. The van der Waals surface area contributed by atoms with Gasteiger partial charge in [0.25, 0.3) is 0 Å². The summed E-state index contributed by atoms with van der Waals surface area (Å²) in [7, 11) is 0. The molecule has 31 heavy (non-hydrogen) atoms. The summed E-state index contributed by atoms with van der Waals surface area (Å²) in [4.78, 5) is 0. The average Bonchev–Trinajstić information content (AvgIpc) is 3.14. The standard InChI is InChI=1S/C24H29Cl2N5/c1-16-9-7-8-10-20(16)27-24(5,6)22-28-29-30-31(22)21(23(2,3)4)14-12-17-11-13-18(25)15-19(17)26/h7-15,21,27H,1-6H3/b14-12+. The fourth-order valence-electron chi connectivity index (χ4n) is 3.47. The van der Waals surface area contributed by atoms with E-state index in [0.29, 0.717) is 10.0 Å². The van der Waals surface area contributed by atoms with Crippen molar-refractivity contribution in [1.29, 1.82) is 0 Å². The minimum absolute atomic E-state index is 0.0952. The molecule has 0 aliphatic carbocycles. The van der Waals surface area contributed by atoms with E-state index in [4.69, 9.17) is 23.2 Å². The molecule has 7 heteroatoms. The number of benzene rings is 2. The van der Waals surface area contributed by atoms with Crippen LogP contribution in [0.3, 0.4) is 0 Å². The van der Waals surface area contributed by atoms with Crippen molar-refractivity contribution in [3.8, 4) is 0 Å². The number of nitrogens with one attached hydrogen (secondary N) is 1. The number of halogens is 2. The summed E-state index contributed by atoms with van der Waals surface area (Å²) in [6.07, 6.45) is 4.10. The molecule has 1 N–H and O–H groups in total. The molecule has 0 aliphatic heterocycles. The predicted molar refractivity (Wildman–Crippen MR) is 130 cm³/mol. The van der Waals surface area contributed by atoms with Crippen LogP contribution < -0.4 is 5.32 Å². The van der Waals surface area contributed by atoms with Crippen molar-refractivity contribution < 1.29 is 0 Å². The Labute approximate surface area is 194 Å². The number of hydrogen-bond acceptors (Lipinski definition) is 4. The van der Waals surface area contributed by atoms with E-state index in [0.717, 1.165) is 17.1 Å². The SMILES string of the molecule is Cc1ccccc1NC(C)(C)c1nnnn1C(/C=C/c1ccc(Cl)cc1Cl)C(C)(C)C. The summed E-state index contributed by atoms with van der Waals surface area (Å²) < 4.78 is 1.89. The lowest BCUT2D eigenvalue weighted by molar-refractivity contribution is 0.258. The van der Waals surface area contributed by atoms with Crippen LogP contribution >= 0.6 is 23.2 Å². The Kier molecular flexibility index (Phi) is 6.77. The van der Waals surface area contributed by atoms with Crippen molar-refractivity contribution in [3.05, 3.63) is 75.5 Å². The van der Waals surface area contributed by atoms with E-state index in [9.17, 15) is 0 Å². The van der Waals surface area contributed by atoms with E-state index in [1.54, 1.807) is 6.07 Å². The summed E-state index contributed by atoms with van der Waals surface area (Å²) in [6.45, 7) is 12.7. The van der Waals surface area contributed by atoms with Gasteiger partial charge >= 0.3 is 0 Å². The van der Waals surface area contributed by atoms with Crippen LogP contribution in [0.25, 0.3) is 6.08 Å². The molecule has 1 atom stereocenters. The highest BCUT2D eigenvalue weighted by atomic mass is 35.5. The van der Waals surface area contributed by atoms with Crippen LogP contribution in [-0.4, -0.2) is 20.2 Å². The molecule has 0 radical (unpaired) electrons. The summed E-state index contributed by atoms with van der Waals surface area (Å²) in [5.74, 6) is 0.752. The van der Waals surface area contributed by atoms with Gasteiger partial charge in [0.15, 0.2) is 5.82 Å². The van der Waals surface area contributed by atoms with E-state index in [2.05, 4.69) is 80.6 Å². The zero-order valence-corrected chi connectivity index (χ0v) is 20.3. The number of tetrazole rings is 1. The maximum Gasteiger partial charge on any atom is 0.176 e. The Hall–Kier alpha value is -2.37. The van der Waals surface area contributed by atoms with Gasteiger partial charge < -0.3 is 5.32 Å². The summed E-state index contributed by atoms with van der Waals surface area (Å²) in [6, 6.07) is 13.6. The highest BCUT2D eigenvalue weighted by Gasteiger charge is 2.34. The first-order valence-corrected chi connectivity index (χ1v) is 11.0. The molecule has 0 saturated heterocycles. The van der Waals surface area contributed by atoms with Crippen LogP contribution in [0.2, 0.25) is 10.0 Å². The average molecular weight is 458 g/mol. The summed E-state index contributed by atoms with van der Waals surface area (Å²) in [5, 5.41) is 17.6. The third kappa shape index (κ3) is 5.46. The molecule has 0 bridgehead atoms. The van der Waals surface area contributed by atoms with Crippen molar-refractivity contribution >= 4 is 35.0 Å². The minimum Gasteiger partial charge on any atom is -0.373 e. The number of anilines is 1. The zero-order valence-electron chi connectivity index (χ0n) is 18.8. The van der Waals surface area contributed by atoms with E-state index >= 15 is 0 Å². The van der Waals surface area contributed by atoms with Crippen molar-refractivity contribution in [2.75, 3.05) is 5.32 Å². The van der Waals surface area contributed by atoms with Gasteiger partial charge in [-0.25, -0.2) is 4.68 Å². The first-order chi connectivity index (χ1) is 14.5. The fraction of sp³-hybridized carbons (Fsp3) is 0.375. The van der Waals surface area contributed by atoms with Gasteiger partial charge in [-0.3, -0.25) is 0 Å². The van der Waals surface area contributed by atoms with E-state index in [1.807, 2.05) is 35.0 Å². The van der Waals surface area contributed by atoms with Crippen LogP contribution in [0.1, 0.15) is 57.6 Å². The second kappa shape index (κ2) is 9.01. The lowest BCUT2D eigenvalue weighted by Crippen LogP contribution is -2.35. The lowest BCUT2D eigenvalue weighted by Gasteiger charge is -2.33. The van der Waals surface area contributed by atoms with Gasteiger partial charge in [0.1, 0.15) is 0 Å². The Morgan fingerprint density at radius 3 is 2.39 bits per heavy atom. The molecule has 0 fully saturated rings. The third-order valence-corrected chi connectivity index (χ3v) is 5.78. The predicted octanol–water partition coefficient (Wildman–Crippen LogP) is 6.94. The maximum atomic E-state index is 6.37. The molecular weight excluding hydrogens is 429 g/mol. The third-order valence-electron chi connectivity index (χ3n) is 5.22. The minimum atomic E-state index is -0.495. The normalized spacial score (nSPS) is 13.5. The van der Waals surface area contributed by atoms with Gasteiger partial charge in [0, 0.05) is 15.7 Å². The van der Waals surface area contributed by atoms with Crippen LogP contribution in [0.4, 0.5) is 5.69 Å². The van der Waals surface area contributed by atoms with Gasteiger partial charge in [-0.1, -0.05) is 80.4 Å². The Balaban J connectivity index is 1.98. The lowest BCUT2D eigenvalue weighted by atomic mass is 9.85. The van der Waals surface area contributed by atoms with Gasteiger partial charge in [-0.05, 0) is 65.9 Å². The van der Waals surface area contributed by atoms with Gasteiger partial charge in [0.05, 0.1) is 11.6 Å². The zero-order chi connectivity index (χ0) is 22.8. The Morgan fingerprint density at radius 2 is 1.74 bits per heavy atom. The highest BCUT2D eigenvalue weighted by molar-refractivity contribution is 6.35. The summed E-state index contributed by atoms with van der Waals surface area (Å²) >= 11 is 12.4. The number of para-hydroxylation sites is 1. The fourth-order valence-corrected chi connectivity index (χ4v) is 3.94. The molecule has 0 spiro atoms. The van der Waals surface area contributed by atoms with E-state index < -0.39 is 5.54 Å². The first kappa shape index (κ1) is 23.3. The topological polar surface area (TPSA) is 55.6 Å². The quantitative estimate of drug-likeness (QED) is 0.435. The summed E-state index contributed by atoms with van der Waals surface area (Å²) in [5.41, 5.74) is 2.48. The van der Waals surface area contributed by atoms with Crippen molar-refractivity contribution in [1.82, 2.24) is 20.2 Å². The molecule has 0 saturated carbocycles. The van der Waals surface area contributed by atoms with Crippen molar-refractivity contribution in [3.63, 3.8) is 0 Å². The van der Waals surface area contributed by atoms with E-state index in [-0.39, 0.29) is 11.5 Å². The number of aryl methyl sites for hydroxylation is 1. The van der Waals surface area contributed by atoms with Crippen LogP contribution in [-0.2, 0) is 5.54 Å². The monoisotopic (exact) mass is 457 g/mol. The number of aromatic nitrogens is 4. The van der Waals surface area contributed by atoms with Crippen molar-refractivity contribution in [2.45, 2.75) is 53.1 Å². The smallest absolute Gasteiger partial charge is 0.176 e. The maximum absolute atomic E-state index is 6.37. The molecule has 2 aromatic carbocycles. The number of nitrogens with zero attached hydrogens (tertiary/aromatic N) is 4. The van der Waals surface area contributed by atoms with Gasteiger partial charge in [0.2, 0.25) is 0 Å². The molecule has 164 valence electrons. The van der Waals surface area contributed by atoms with Gasteiger partial charge in [-0.2, -0.15) is 0 Å². The molecule has 1 heterocycles. The Morgan fingerprint density at radius 1 is 1.03 bits per heavy atom. The van der Waals surface area contributed by atoms with Crippen molar-refractivity contribution in [2.24, 2.45) is 5.41 Å². The number of rotatable bonds is 6. The van der Waals surface area contributed by atoms with E-state index in [1.165, 1.54) is 5.56 Å². The Bertz CT molecular complexity index is 1080. The molecule has 1 unspecified atom stereocenters. The number of hydrogen-bond donors (Lipinski definition) is 1. The molecule has 3 aromatic rings.